The van der Waals surface area contributed by atoms with Gasteiger partial charge in [0.15, 0.2) is 5.76 Å². The molecule has 0 spiro atoms. The van der Waals surface area contributed by atoms with E-state index in [1.807, 2.05) is 0 Å². The number of carbonyl (C=O) groups is 1. The molecular formula is C19H17FN2O5S. The van der Waals surface area contributed by atoms with Crippen molar-refractivity contribution in [3.05, 3.63) is 78.0 Å². The number of halogens is 1. The van der Waals surface area contributed by atoms with Crippen LogP contribution in [0, 0.1) is 5.82 Å². The molecule has 0 bridgehead atoms. The van der Waals surface area contributed by atoms with Gasteiger partial charge < -0.3 is 14.5 Å². The summed E-state index contributed by atoms with van der Waals surface area (Å²) in [5, 5.41) is 2.62. The molecule has 0 aliphatic heterocycles. The molecule has 0 fully saturated rings. The Labute approximate surface area is 161 Å². The standard InChI is InChI=1S/C19H17FN2O5S/c1-21-28(24,25)17-9-4-14(5-10-17)22-19(23)18-11-8-16(27-18)12-26-15-6-2-13(20)3-7-15/h2-11,21H,12H2,1H3,(H,22,23). The van der Waals surface area contributed by atoms with Gasteiger partial charge in [-0.2, -0.15) is 0 Å². The number of carbonyl (C=O) groups excluding carboxylic acids is 1. The predicted octanol–water partition coefficient (Wildman–Crippen LogP) is 3.16. The van der Waals surface area contributed by atoms with Crippen molar-refractivity contribution in [1.82, 2.24) is 4.72 Å². The molecule has 1 heterocycles. The second kappa shape index (κ2) is 8.24. The van der Waals surface area contributed by atoms with Crippen molar-refractivity contribution in [1.29, 1.82) is 0 Å². The number of ether oxygens (including phenoxy) is 1. The summed E-state index contributed by atoms with van der Waals surface area (Å²) in [6, 6.07) is 14.4. The first-order valence-electron chi connectivity index (χ1n) is 8.19. The molecule has 3 rings (SSSR count). The molecule has 0 aliphatic carbocycles. The van der Waals surface area contributed by atoms with Crippen LogP contribution < -0.4 is 14.8 Å². The van der Waals surface area contributed by atoms with E-state index in [-0.39, 0.29) is 23.1 Å². The Kier molecular flexibility index (Phi) is 5.76. The number of rotatable bonds is 7. The number of hydrogen-bond donors (Lipinski definition) is 2. The monoisotopic (exact) mass is 404 g/mol. The fourth-order valence-electron chi connectivity index (χ4n) is 2.29. The smallest absolute Gasteiger partial charge is 0.291 e. The maximum Gasteiger partial charge on any atom is 0.291 e. The quantitative estimate of drug-likeness (QED) is 0.630. The van der Waals surface area contributed by atoms with Gasteiger partial charge in [-0.3, -0.25) is 4.79 Å². The first-order valence-corrected chi connectivity index (χ1v) is 9.68. The number of nitrogens with one attached hydrogen (secondary N) is 2. The second-order valence-electron chi connectivity index (χ2n) is 5.69. The third kappa shape index (κ3) is 4.76. The van der Waals surface area contributed by atoms with Crippen molar-refractivity contribution in [3.8, 4) is 5.75 Å². The van der Waals surface area contributed by atoms with Crippen LogP contribution in [0.4, 0.5) is 10.1 Å². The van der Waals surface area contributed by atoms with Crippen LogP contribution in [-0.4, -0.2) is 21.4 Å². The zero-order valence-corrected chi connectivity index (χ0v) is 15.6. The van der Waals surface area contributed by atoms with Crippen molar-refractivity contribution in [2.24, 2.45) is 0 Å². The Morgan fingerprint density at radius 2 is 1.71 bits per heavy atom. The lowest BCUT2D eigenvalue weighted by Crippen LogP contribution is -2.18. The highest BCUT2D eigenvalue weighted by atomic mass is 32.2. The number of amides is 1. The molecule has 0 saturated carbocycles. The van der Waals surface area contributed by atoms with Gasteiger partial charge in [-0.1, -0.05) is 0 Å². The van der Waals surface area contributed by atoms with Crippen LogP contribution in [0.2, 0.25) is 0 Å². The molecule has 1 amide bonds. The molecule has 0 unspecified atom stereocenters. The topological polar surface area (TPSA) is 97.6 Å². The summed E-state index contributed by atoms with van der Waals surface area (Å²) in [5.74, 6) is 0.119. The summed E-state index contributed by atoms with van der Waals surface area (Å²) in [4.78, 5) is 12.3. The highest BCUT2D eigenvalue weighted by molar-refractivity contribution is 7.89. The molecule has 0 atom stereocenters. The highest BCUT2D eigenvalue weighted by Gasteiger charge is 2.14. The maximum absolute atomic E-state index is 12.9. The first-order chi connectivity index (χ1) is 13.4. The molecule has 28 heavy (non-hydrogen) atoms. The fourth-order valence-corrected chi connectivity index (χ4v) is 3.02. The minimum absolute atomic E-state index is 0.0737. The zero-order chi connectivity index (χ0) is 20.1. The lowest BCUT2D eigenvalue weighted by molar-refractivity contribution is 0.0992. The van der Waals surface area contributed by atoms with Crippen LogP contribution in [0.3, 0.4) is 0 Å². The summed E-state index contributed by atoms with van der Waals surface area (Å²) in [6.45, 7) is 0.0789. The molecule has 0 radical (unpaired) electrons. The van der Waals surface area contributed by atoms with Gasteiger partial charge in [0.1, 0.15) is 23.9 Å². The van der Waals surface area contributed by atoms with Crippen molar-refractivity contribution in [3.63, 3.8) is 0 Å². The third-order valence-corrected chi connectivity index (χ3v) is 5.20. The van der Waals surface area contributed by atoms with Crippen LogP contribution in [0.1, 0.15) is 16.3 Å². The zero-order valence-electron chi connectivity index (χ0n) is 14.8. The van der Waals surface area contributed by atoms with Crippen LogP contribution in [0.15, 0.2) is 70.0 Å². The number of sulfonamides is 1. The largest absolute Gasteiger partial charge is 0.486 e. The van der Waals surface area contributed by atoms with E-state index in [1.54, 1.807) is 6.07 Å². The fraction of sp³-hybridized carbons (Fsp3) is 0.105. The lowest BCUT2D eigenvalue weighted by atomic mass is 10.3. The van der Waals surface area contributed by atoms with E-state index < -0.39 is 15.9 Å². The average molecular weight is 404 g/mol. The normalized spacial score (nSPS) is 11.2. The van der Waals surface area contributed by atoms with Gasteiger partial charge in [0.25, 0.3) is 5.91 Å². The van der Waals surface area contributed by atoms with Gasteiger partial charge in [0, 0.05) is 5.69 Å². The van der Waals surface area contributed by atoms with Crippen molar-refractivity contribution < 1.29 is 26.8 Å². The van der Waals surface area contributed by atoms with E-state index in [4.69, 9.17) is 9.15 Å². The molecule has 2 N–H and O–H groups in total. The Hall–Kier alpha value is -3.17. The minimum atomic E-state index is -3.54. The Balaban J connectivity index is 1.60. The highest BCUT2D eigenvalue weighted by Crippen LogP contribution is 2.17. The van der Waals surface area contributed by atoms with E-state index in [0.717, 1.165) is 0 Å². The SMILES string of the molecule is CNS(=O)(=O)c1ccc(NC(=O)c2ccc(COc3ccc(F)cc3)o2)cc1. The van der Waals surface area contributed by atoms with Crippen LogP contribution in [-0.2, 0) is 16.6 Å². The van der Waals surface area contributed by atoms with E-state index in [9.17, 15) is 17.6 Å². The van der Waals surface area contributed by atoms with E-state index >= 15 is 0 Å². The summed E-state index contributed by atoms with van der Waals surface area (Å²) >= 11 is 0. The van der Waals surface area contributed by atoms with E-state index in [2.05, 4.69) is 10.0 Å². The number of furan rings is 1. The Morgan fingerprint density at radius 1 is 1.04 bits per heavy atom. The molecule has 2 aromatic carbocycles. The average Bonchev–Trinajstić information content (AvgIpc) is 3.17. The van der Waals surface area contributed by atoms with Gasteiger partial charge in [-0.25, -0.2) is 17.5 Å². The summed E-state index contributed by atoms with van der Waals surface area (Å²) in [5.41, 5.74) is 0.417. The molecule has 1 aromatic heterocycles. The molecule has 0 aliphatic rings. The molecule has 0 saturated heterocycles. The van der Waals surface area contributed by atoms with Gasteiger partial charge >= 0.3 is 0 Å². The minimum Gasteiger partial charge on any atom is -0.486 e. The number of hydrogen-bond acceptors (Lipinski definition) is 5. The van der Waals surface area contributed by atoms with Crippen LogP contribution in [0.25, 0.3) is 0 Å². The number of anilines is 1. The van der Waals surface area contributed by atoms with E-state index in [0.29, 0.717) is 17.2 Å². The third-order valence-electron chi connectivity index (χ3n) is 3.77. The predicted molar refractivity (Wildman–Crippen MR) is 100 cm³/mol. The summed E-state index contributed by atoms with van der Waals surface area (Å²) in [7, 11) is -2.22. The van der Waals surface area contributed by atoms with Gasteiger partial charge in [0.2, 0.25) is 10.0 Å². The molecule has 3 aromatic rings. The van der Waals surface area contributed by atoms with Crippen molar-refractivity contribution >= 4 is 21.6 Å². The van der Waals surface area contributed by atoms with Gasteiger partial charge in [-0.15, -0.1) is 0 Å². The van der Waals surface area contributed by atoms with Gasteiger partial charge in [-0.05, 0) is 67.7 Å². The molecule has 9 heteroatoms. The van der Waals surface area contributed by atoms with Crippen LogP contribution >= 0.6 is 0 Å². The van der Waals surface area contributed by atoms with Crippen molar-refractivity contribution in [2.75, 3.05) is 12.4 Å². The first kappa shape index (κ1) is 19.6. The number of benzene rings is 2. The summed E-state index contributed by atoms with van der Waals surface area (Å²) < 4.78 is 49.4. The second-order valence-corrected chi connectivity index (χ2v) is 7.58. The van der Waals surface area contributed by atoms with Crippen LogP contribution in [0.5, 0.6) is 5.75 Å². The summed E-state index contributed by atoms with van der Waals surface area (Å²) in [6.07, 6.45) is 0. The Bertz CT molecular complexity index is 1060. The van der Waals surface area contributed by atoms with Gasteiger partial charge in [0.05, 0.1) is 4.90 Å². The lowest BCUT2D eigenvalue weighted by Gasteiger charge is -2.06. The maximum atomic E-state index is 12.9. The van der Waals surface area contributed by atoms with Crippen molar-refractivity contribution in [2.45, 2.75) is 11.5 Å². The molecule has 146 valence electrons. The Morgan fingerprint density at radius 3 is 2.36 bits per heavy atom. The molecular weight excluding hydrogens is 387 g/mol. The van der Waals surface area contributed by atoms with E-state index in [1.165, 1.54) is 61.6 Å². The molecule has 7 nitrogen and oxygen atoms in total.